The highest BCUT2D eigenvalue weighted by Gasteiger charge is 2.14. The molecule has 2 rings (SSSR count). The van der Waals surface area contributed by atoms with Crippen molar-refractivity contribution < 1.29 is 13.2 Å². The Morgan fingerprint density at radius 2 is 1.67 bits per heavy atom. The summed E-state index contributed by atoms with van der Waals surface area (Å²) >= 11 is 0. The third kappa shape index (κ3) is 5.20. The molecule has 0 aliphatic heterocycles. The summed E-state index contributed by atoms with van der Waals surface area (Å²) in [4.78, 5) is 12.5. The Hall–Kier alpha value is -2.14. The van der Waals surface area contributed by atoms with Crippen LogP contribution in [0.15, 0.2) is 59.5 Å². The molecule has 128 valence electrons. The van der Waals surface area contributed by atoms with Crippen molar-refractivity contribution in [3.05, 3.63) is 65.7 Å². The highest BCUT2D eigenvalue weighted by molar-refractivity contribution is 7.90. The van der Waals surface area contributed by atoms with Gasteiger partial charge in [0.05, 0.1) is 10.9 Å². The number of benzene rings is 2. The maximum atomic E-state index is 12.2. The predicted molar refractivity (Wildman–Crippen MR) is 95.5 cm³/mol. The van der Waals surface area contributed by atoms with Gasteiger partial charge in [0.25, 0.3) is 0 Å². The quantitative estimate of drug-likeness (QED) is 0.837. The number of amides is 1. The second kappa shape index (κ2) is 8.11. The van der Waals surface area contributed by atoms with Gasteiger partial charge in [-0.25, -0.2) is 8.42 Å². The van der Waals surface area contributed by atoms with E-state index in [4.69, 9.17) is 0 Å². The maximum Gasteiger partial charge on any atom is 0.220 e. The molecule has 1 unspecified atom stereocenters. The van der Waals surface area contributed by atoms with Crippen molar-refractivity contribution in [2.45, 2.75) is 37.1 Å². The van der Waals surface area contributed by atoms with Crippen molar-refractivity contribution in [3.8, 4) is 0 Å². The van der Waals surface area contributed by atoms with Crippen LogP contribution in [0.3, 0.4) is 0 Å². The SMILES string of the molecule is CCC(NC(=O)CCc1ccccc1)c1ccc(S(C)(=O)=O)cc1. The van der Waals surface area contributed by atoms with E-state index in [0.717, 1.165) is 17.5 Å². The van der Waals surface area contributed by atoms with Crippen LogP contribution in [0, 0.1) is 0 Å². The molecule has 5 heteroatoms. The first-order valence-corrected chi connectivity index (χ1v) is 9.92. The largest absolute Gasteiger partial charge is 0.349 e. The first-order chi connectivity index (χ1) is 11.4. The van der Waals surface area contributed by atoms with Crippen molar-refractivity contribution in [2.75, 3.05) is 6.26 Å². The zero-order valence-electron chi connectivity index (χ0n) is 14.0. The number of nitrogens with one attached hydrogen (secondary N) is 1. The summed E-state index contributed by atoms with van der Waals surface area (Å²) < 4.78 is 23.0. The lowest BCUT2D eigenvalue weighted by Crippen LogP contribution is -2.28. The molecule has 0 fully saturated rings. The molecule has 1 amide bonds. The van der Waals surface area contributed by atoms with E-state index in [1.165, 1.54) is 6.26 Å². The van der Waals surface area contributed by atoms with E-state index in [1.807, 2.05) is 37.3 Å². The predicted octanol–water partition coefficient (Wildman–Crippen LogP) is 3.29. The standard InChI is InChI=1S/C19H23NO3S/c1-3-18(16-10-12-17(13-11-16)24(2,22)23)20-19(21)14-9-15-7-5-4-6-8-15/h4-8,10-13,18H,3,9,14H2,1-2H3,(H,20,21). The minimum absolute atomic E-state index is 0.00195. The van der Waals surface area contributed by atoms with Crippen LogP contribution in [0.1, 0.15) is 36.9 Å². The molecule has 2 aromatic carbocycles. The Bertz CT molecular complexity index is 768. The highest BCUT2D eigenvalue weighted by atomic mass is 32.2. The molecule has 0 aliphatic carbocycles. The molecule has 0 saturated heterocycles. The van der Waals surface area contributed by atoms with E-state index in [-0.39, 0.29) is 16.8 Å². The number of hydrogen-bond acceptors (Lipinski definition) is 3. The Kier molecular flexibility index (Phi) is 6.15. The van der Waals surface area contributed by atoms with Gasteiger partial charge < -0.3 is 5.32 Å². The van der Waals surface area contributed by atoms with Crippen molar-refractivity contribution in [2.24, 2.45) is 0 Å². The number of carbonyl (C=O) groups is 1. The van der Waals surface area contributed by atoms with Gasteiger partial charge in [0.1, 0.15) is 0 Å². The Balaban J connectivity index is 1.97. The van der Waals surface area contributed by atoms with Crippen molar-refractivity contribution >= 4 is 15.7 Å². The molecular formula is C19H23NO3S. The molecular weight excluding hydrogens is 322 g/mol. The molecule has 1 N–H and O–H groups in total. The second-order valence-electron chi connectivity index (χ2n) is 5.86. The summed E-state index contributed by atoms with van der Waals surface area (Å²) in [6.45, 7) is 1.99. The van der Waals surface area contributed by atoms with Gasteiger partial charge in [-0.1, -0.05) is 49.4 Å². The number of aryl methyl sites for hydroxylation is 1. The minimum Gasteiger partial charge on any atom is -0.349 e. The Morgan fingerprint density at radius 3 is 2.21 bits per heavy atom. The van der Waals surface area contributed by atoms with Gasteiger partial charge in [-0.05, 0) is 36.1 Å². The summed E-state index contributed by atoms with van der Waals surface area (Å²) in [7, 11) is -3.20. The van der Waals surface area contributed by atoms with Crippen LogP contribution in [0.25, 0.3) is 0 Å². The van der Waals surface area contributed by atoms with Gasteiger partial charge in [0, 0.05) is 12.7 Å². The zero-order valence-corrected chi connectivity index (χ0v) is 14.8. The average molecular weight is 345 g/mol. The maximum absolute atomic E-state index is 12.2. The van der Waals surface area contributed by atoms with E-state index in [1.54, 1.807) is 24.3 Å². The molecule has 0 aliphatic rings. The van der Waals surface area contributed by atoms with Gasteiger partial charge in [-0.15, -0.1) is 0 Å². The fourth-order valence-electron chi connectivity index (χ4n) is 2.54. The molecule has 0 spiro atoms. The summed E-state index contributed by atoms with van der Waals surface area (Å²) in [5.74, 6) is -0.00195. The van der Waals surface area contributed by atoms with Crippen molar-refractivity contribution in [3.63, 3.8) is 0 Å². The topological polar surface area (TPSA) is 63.2 Å². The lowest BCUT2D eigenvalue weighted by atomic mass is 10.0. The summed E-state index contributed by atoms with van der Waals surface area (Å²) in [6.07, 6.45) is 3.07. The fraction of sp³-hybridized carbons (Fsp3) is 0.316. The number of rotatable bonds is 7. The highest BCUT2D eigenvalue weighted by Crippen LogP contribution is 2.19. The van der Waals surface area contributed by atoms with E-state index in [2.05, 4.69) is 5.32 Å². The van der Waals surface area contributed by atoms with Crippen LogP contribution >= 0.6 is 0 Å². The fourth-order valence-corrected chi connectivity index (χ4v) is 3.17. The molecule has 24 heavy (non-hydrogen) atoms. The molecule has 0 bridgehead atoms. The Morgan fingerprint density at radius 1 is 1.04 bits per heavy atom. The third-order valence-corrected chi connectivity index (χ3v) is 5.07. The number of sulfone groups is 1. The number of hydrogen-bond donors (Lipinski definition) is 1. The third-order valence-electron chi connectivity index (χ3n) is 3.94. The van der Waals surface area contributed by atoms with Crippen LogP contribution < -0.4 is 5.32 Å². The van der Waals surface area contributed by atoms with E-state index in [9.17, 15) is 13.2 Å². The smallest absolute Gasteiger partial charge is 0.220 e. The second-order valence-corrected chi connectivity index (χ2v) is 7.87. The normalized spacial score (nSPS) is 12.6. The summed E-state index contributed by atoms with van der Waals surface area (Å²) in [5.41, 5.74) is 2.05. The summed E-state index contributed by atoms with van der Waals surface area (Å²) in [6, 6.07) is 16.5. The van der Waals surface area contributed by atoms with E-state index < -0.39 is 9.84 Å². The lowest BCUT2D eigenvalue weighted by molar-refractivity contribution is -0.121. The van der Waals surface area contributed by atoms with Crippen LogP contribution in [-0.2, 0) is 21.1 Å². The molecule has 0 aromatic heterocycles. The van der Waals surface area contributed by atoms with Crippen LogP contribution in [-0.4, -0.2) is 20.6 Å². The molecule has 0 radical (unpaired) electrons. The van der Waals surface area contributed by atoms with Crippen LogP contribution in [0.5, 0.6) is 0 Å². The van der Waals surface area contributed by atoms with Crippen LogP contribution in [0.2, 0.25) is 0 Å². The first kappa shape index (κ1) is 18.2. The molecule has 0 heterocycles. The van der Waals surface area contributed by atoms with Gasteiger partial charge in [-0.3, -0.25) is 4.79 Å². The van der Waals surface area contributed by atoms with Gasteiger partial charge in [0.2, 0.25) is 5.91 Å². The molecule has 0 saturated carbocycles. The molecule has 4 nitrogen and oxygen atoms in total. The monoisotopic (exact) mass is 345 g/mol. The van der Waals surface area contributed by atoms with E-state index in [0.29, 0.717) is 12.8 Å². The number of carbonyl (C=O) groups excluding carboxylic acids is 1. The minimum atomic E-state index is -3.20. The lowest BCUT2D eigenvalue weighted by Gasteiger charge is -2.18. The van der Waals surface area contributed by atoms with Crippen LogP contribution in [0.4, 0.5) is 0 Å². The van der Waals surface area contributed by atoms with Crippen molar-refractivity contribution in [1.29, 1.82) is 0 Å². The summed E-state index contributed by atoms with van der Waals surface area (Å²) in [5, 5.41) is 3.02. The van der Waals surface area contributed by atoms with E-state index >= 15 is 0 Å². The van der Waals surface area contributed by atoms with Gasteiger partial charge in [0.15, 0.2) is 9.84 Å². The molecule has 2 aromatic rings. The van der Waals surface area contributed by atoms with Gasteiger partial charge >= 0.3 is 0 Å². The van der Waals surface area contributed by atoms with Crippen molar-refractivity contribution in [1.82, 2.24) is 5.32 Å². The average Bonchev–Trinajstić information content (AvgIpc) is 2.58. The first-order valence-electron chi connectivity index (χ1n) is 8.03. The van der Waals surface area contributed by atoms with Gasteiger partial charge in [-0.2, -0.15) is 0 Å². The zero-order chi connectivity index (χ0) is 17.6. The molecule has 1 atom stereocenters. The Labute approximate surface area is 143 Å².